The first-order valence-corrected chi connectivity index (χ1v) is 9.45. The lowest BCUT2D eigenvalue weighted by Crippen LogP contribution is -2.41. The van der Waals surface area contributed by atoms with E-state index >= 15 is 0 Å². The predicted octanol–water partition coefficient (Wildman–Crippen LogP) is 4.05. The highest BCUT2D eigenvalue weighted by molar-refractivity contribution is 7.99. The van der Waals surface area contributed by atoms with Gasteiger partial charge in [-0.05, 0) is 42.9 Å². The molecule has 1 fully saturated rings. The lowest BCUT2D eigenvalue weighted by atomic mass is 9.97. The van der Waals surface area contributed by atoms with Crippen molar-refractivity contribution in [3.8, 4) is 0 Å². The fourth-order valence-electron chi connectivity index (χ4n) is 3.03. The van der Waals surface area contributed by atoms with Crippen LogP contribution in [0.1, 0.15) is 19.8 Å². The van der Waals surface area contributed by atoms with Gasteiger partial charge in [-0.15, -0.1) is 11.8 Å². The average molecular weight is 341 g/mol. The Hall–Kier alpha value is -2.01. The van der Waals surface area contributed by atoms with Gasteiger partial charge in [-0.2, -0.15) is 0 Å². The third kappa shape index (κ3) is 4.09. The first-order valence-electron chi connectivity index (χ1n) is 8.46. The van der Waals surface area contributed by atoms with Crippen LogP contribution in [0.5, 0.6) is 0 Å². The smallest absolute Gasteiger partial charge is 0.229 e. The van der Waals surface area contributed by atoms with Crippen molar-refractivity contribution in [3.63, 3.8) is 0 Å². The Morgan fingerprint density at radius 1 is 1.29 bits per heavy atom. The number of rotatable bonds is 5. The Morgan fingerprint density at radius 2 is 2.12 bits per heavy atom. The molecule has 1 N–H and O–H groups in total. The van der Waals surface area contributed by atoms with Gasteiger partial charge in [-0.3, -0.25) is 4.79 Å². The molecular weight excluding hydrogens is 318 g/mol. The lowest BCUT2D eigenvalue weighted by molar-refractivity contribution is -0.120. The van der Waals surface area contributed by atoms with Crippen molar-refractivity contribution in [1.82, 2.24) is 4.98 Å². The zero-order valence-corrected chi connectivity index (χ0v) is 14.8. The van der Waals surface area contributed by atoms with Gasteiger partial charge in [0.1, 0.15) is 5.82 Å². The Balaban J connectivity index is 1.67. The summed E-state index contributed by atoms with van der Waals surface area (Å²) in [6.45, 7) is 3.81. The standard InChI is InChI=1S/C19H23N3OS/c1-2-24-17-10-4-3-9-16(17)21-19(23)15-8-7-13-22(14-15)18-11-5-6-12-20-18/h3-6,9-12,15H,2,7-8,13-14H2,1H3,(H,21,23). The van der Waals surface area contributed by atoms with E-state index in [1.54, 1.807) is 18.0 Å². The van der Waals surface area contributed by atoms with E-state index in [1.165, 1.54) is 0 Å². The van der Waals surface area contributed by atoms with Crippen LogP contribution in [-0.4, -0.2) is 29.7 Å². The number of pyridine rings is 1. The molecule has 1 unspecified atom stereocenters. The molecule has 0 saturated carbocycles. The summed E-state index contributed by atoms with van der Waals surface area (Å²) in [4.78, 5) is 20.5. The Kier molecular flexibility index (Phi) is 5.75. The molecule has 0 spiro atoms. The topological polar surface area (TPSA) is 45.2 Å². The number of piperidine rings is 1. The Bertz CT molecular complexity index is 677. The largest absolute Gasteiger partial charge is 0.356 e. The molecule has 1 atom stereocenters. The normalized spacial score (nSPS) is 17.5. The Labute approximate surface area is 147 Å². The van der Waals surface area contributed by atoms with Crippen LogP contribution in [-0.2, 0) is 4.79 Å². The summed E-state index contributed by atoms with van der Waals surface area (Å²) >= 11 is 1.75. The maximum atomic E-state index is 12.7. The molecule has 1 amide bonds. The second-order valence-electron chi connectivity index (χ2n) is 5.89. The van der Waals surface area contributed by atoms with Crippen molar-refractivity contribution in [2.45, 2.75) is 24.7 Å². The molecule has 1 aromatic carbocycles. The van der Waals surface area contributed by atoms with Gasteiger partial charge in [0.2, 0.25) is 5.91 Å². The number of hydrogen-bond acceptors (Lipinski definition) is 4. The molecule has 5 heteroatoms. The number of aromatic nitrogens is 1. The van der Waals surface area contributed by atoms with Crippen molar-refractivity contribution >= 4 is 29.2 Å². The van der Waals surface area contributed by atoms with E-state index in [9.17, 15) is 4.79 Å². The number of carbonyl (C=O) groups excluding carboxylic acids is 1. The van der Waals surface area contributed by atoms with E-state index in [2.05, 4.69) is 28.2 Å². The van der Waals surface area contributed by atoms with Crippen LogP contribution < -0.4 is 10.2 Å². The molecule has 2 heterocycles. The number of amides is 1. The number of nitrogens with one attached hydrogen (secondary N) is 1. The van der Waals surface area contributed by atoms with Gasteiger partial charge in [-0.25, -0.2) is 4.98 Å². The molecule has 1 aliphatic rings. The van der Waals surface area contributed by atoms with Gasteiger partial charge >= 0.3 is 0 Å². The van der Waals surface area contributed by atoms with Crippen LogP contribution in [0.25, 0.3) is 0 Å². The van der Waals surface area contributed by atoms with Crippen LogP contribution in [0.4, 0.5) is 11.5 Å². The summed E-state index contributed by atoms with van der Waals surface area (Å²) in [6.07, 6.45) is 3.75. The average Bonchev–Trinajstić information content (AvgIpc) is 2.64. The van der Waals surface area contributed by atoms with Gasteiger partial charge in [0, 0.05) is 24.2 Å². The highest BCUT2D eigenvalue weighted by Crippen LogP contribution is 2.28. The van der Waals surface area contributed by atoms with Gasteiger partial charge in [0.15, 0.2) is 0 Å². The molecule has 1 saturated heterocycles. The number of thioether (sulfide) groups is 1. The number of carbonyl (C=O) groups is 1. The lowest BCUT2D eigenvalue weighted by Gasteiger charge is -2.32. The van der Waals surface area contributed by atoms with Gasteiger partial charge < -0.3 is 10.2 Å². The van der Waals surface area contributed by atoms with E-state index in [1.807, 2.05) is 36.4 Å². The molecule has 0 aliphatic carbocycles. The first kappa shape index (κ1) is 16.8. The number of nitrogens with zero attached hydrogens (tertiary/aromatic N) is 2. The predicted molar refractivity (Wildman–Crippen MR) is 101 cm³/mol. The third-order valence-corrected chi connectivity index (χ3v) is 5.17. The summed E-state index contributed by atoms with van der Waals surface area (Å²) in [7, 11) is 0. The molecular formula is C19H23N3OS. The molecule has 1 aliphatic heterocycles. The van der Waals surface area contributed by atoms with Crippen molar-refractivity contribution in [2.24, 2.45) is 5.92 Å². The fraction of sp³-hybridized carbons (Fsp3) is 0.368. The summed E-state index contributed by atoms with van der Waals surface area (Å²) in [5.74, 6) is 2.06. The summed E-state index contributed by atoms with van der Waals surface area (Å²) in [5, 5.41) is 3.13. The van der Waals surface area contributed by atoms with Crippen LogP contribution in [0.2, 0.25) is 0 Å². The van der Waals surface area contributed by atoms with E-state index in [0.717, 1.165) is 48.1 Å². The van der Waals surface area contributed by atoms with Crippen molar-refractivity contribution in [3.05, 3.63) is 48.7 Å². The zero-order chi connectivity index (χ0) is 16.8. The van der Waals surface area contributed by atoms with Crippen LogP contribution in [0.15, 0.2) is 53.6 Å². The fourth-order valence-corrected chi connectivity index (χ4v) is 3.79. The second kappa shape index (κ2) is 8.20. The number of anilines is 2. The van der Waals surface area contributed by atoms with Crippen molar-refractivity contribution in [2.75, 3.05) is 29.1 Å². The number of benzene rings is 1. The molecule has 126 valence electrons. The number of hydrogen-bond donors (Lipinski definition) is 1. The second-order valence-corrected chi connectivity index (χ2v) is 7.20. The minimum atomic E-state index is 0.000406. The van der Waals surface area contributed by atoms with E-state index < -0.39 is 0 Å². The van der Waals surface area contributed by atoms with Gasteiger partial charge in [0.25, 0.3) is 0 Å². The van der Waals surface area contributed by atoms with Crippen molar-refractivity contribution < 1.29 is 4.79 Å². The van der Waals surface area contributed by atoms with Gasteiger partial charge in [-0.1, -0.05) is 25.1 Å². The highest BCUT2D eigenvalue weighted by atomic mass is 32.2. The summed E-state index contributed by atoms with van der Waals surface area (Å²) in [6, 6.07) is 13.9. The monoisotopic (exact) mass is 341 g/mol. The third-order valence-electron chi connectivity index (χ3n) is 4.21. The molecule has 1 aromatic heterocycles. The maximum absolute atomic E-state index is 12.7. The molecule has 24 heavy (non-hydrogen) atoms. The Morgan fingerprint density at radius 3 is 2.92 bits per heavy atom. The summed E-state index contributed by atoms with van der Waals surface area (Å²) in [5.41, 5.74) is 0.921. The van der Waals surface area contributed by atoms with Crippen LogP contribution >= 0.6 is 11.8 Å². The van der Waals surface area contributed by atoms with Crippen LogP contribution in [0.3, 0.4) is 0 Å². The summed E-state index contributed by atoms with van der Waals surface area (Å²) < 4.78 is 0. The number of para-hydroxylation sites is 1. The molecule has 2 aromatic rings. The SMILES string of the molecule is CCSc1ccccc1NC(=O)C1CCCN(c2ccccn2)C1. The molecule has 4 nitrogen and oxygen atoms in total. The first-order chi connectivity index (χ1) is 11.8. The molecule has 3 rings (SSSR count). The zero-order valence-electron chi connectivity index (χ0n) is 13.9. The van der Waals surface area contributed by atoms with E-state index in [4.69, 9.17) is 0 Å². The van der Waals surface area contributed by atoms with Crippen molar-refractivity contribution in [1.29, 1.82) is 0 Å². The highest BCUT2D eigenvalue weighted by Gasteiger charge is 2.26. The minimum Gasteiger partial charge on any atom is -0.356 e. The molecule has 0 bridgehead atoms. The van der Waals surface area contributed by atoms with E-state index in [0.29, 0.717) is 0 Å². The minimum absolute atomic E-state index is 0.000406. The van der Waals surface area contributed by atoms with E-state index in [-0.39, 0.29) is 11.8 Å². The quantitative estimate of drug-likeness (QED) is 0.834. The molecule has 0 radical (unpaired) electrons. The van der Waals surface area contributed by atoms with Gasteiger partial charge in [0.05, 0.1) is 11.6 Å². The van der Waals surface area contributed by atoms with Crippen LogP contribution in [0, 0.1) is 5.92 Å². The maximum Gasteiger partial charge on any atom is 0.229 e.